The van der Waals surface area contributed by atoms with E-state index in [9.17, 15) is 0 Å². The molecule has 0 saturated carbocycles. The number of para-hydroxylation sites is 1. The second-order valence-corrected chi connectivity index (χ2v) is 14.6. The summed E-state index contributed by atoms with van der Waals surface area (Å²) in [6, 6.07) is 71.0. The molecule has 8 aromatic carbocycles. The van der Waals surface area contributed by atoms with E-state index in [1.807, 2.05) is 42.5 Å². The number of rotatable bonds is 7. The summed E-state index contributed by atoms with van der Waals surface area (Å²) < 4.78 is 6.59. The summed E-state index contributed by atoms with van der Waals surface area (Å²) in [6.45, 7) is 0. The number of pyridine rings is 1. The SMILES string of the molecule is c1ccc(-c2ccc(-c3nc(-c4ccc(-c5ccccc5)cc4)nc(-c4ccc(-c5ccc6nc(-c7ccccc7)c7c8ccccc8oc7c6c5)cc4)n3)cc2)cc1. The molecular formula is C54H34N4O. The van der Waals surface area contributed by atoms with E-state index in [-0.39, 0.29) is 0 Å². The zero-order chi connectivity index (χ0) is 39.1. The lowest BCUT2D eigenvalue weighted by Crippen LogP contribution is -2.00. The van der Waals surface area contributed by atoms with Gasteiger partial charge in [0.1, 0.15) is 11.2 Å². The van der Waals surface area contributed by atoms with Gasteiger partial charge in [-0.05, 0) is 51.6 Å². The van der Waals surface area contributed by atoms with Gasteiger partial charge in [-0.1, -0.05) is 188 Å². The highest BCUT2D eigenvalue weighted by atomic mass is 16.3. The second-order valence-electron chi connectivity index (χ2n) is 14.6. The minimum Gasteiger partial charge on any atom is -0.455 e. The molecular weight excluding hydrogens is 721 g/mol. The molecule has 0 bridgehead atoms. The first kappa shape index (κ1) is 34.2. The van der Waals surface area contributed by atoms with Crippen LogP contribution in [0.4, 0.5) is 0 Å². The monoisotopic (exact) mass is 754 g/mol. The van der Waals surface area contributed by atoms with Crippen molar-refractivity contribution in [1.29, 1.82) is 0 Å². The minimum absolute atomic E-state index is 0.607. The predicted molar refractivity (Wildman–Crippen MR) is 240 cm³/mol. The Morgan fingerprint density at radius 3 is 1.19 bits per heavy atom. The van der Waals surface area contributed by atoms with Crippen LogP contribution in [0.2, 0.25) is 0 Å². The first-order valence-corrected chi connectivity index (χ1v) is 19.7. The molecule has 0 saturated heterocycles. The van der Waals surface area contributed by atoms with Gasteiger partial charge in [-0.15, -0.1) is 0 Å². The molecule has 0 aliphatic carbocycles. The van der Waals surface area contributed by atoms with Gasteiger partial charge in [-0.2, -0.15) is 0 Å². The fraction of sp³-hybridized carbons (Fsp3) is 0. The Morgan fingerprint density at radius 2 is 0.678 bits per heavy atom. The van der Waals surface area contributed by atoms with Gasteiger partial charge in [0, 0.05) is 33.0 Å². The summed E-state index contributed by atoms with van der Waals surface area (Å²) in [5.74, 6) is 1.84. The van der Waals surface area contributed by atoms with Crippen molar-refractivity contribution in [3.05, 3.63) is 206 Å². The number of fused-ring (bicyclic) bond motifs is 5. The van der Waals surface area contributed by atoms with Gasteiger partial charge in [0.2, 0.25) is 0 Å². The van der Waals surface area contributed by atoms with Crippen LogP contribution in [-0.4, -0.2) is 19.9 Å². The Hall–Kier alpha value is -8.02. The lowest BCUT2D eigenvalue weighted by atomic mass is 9.99. The highest BCUT2D eigenvalue weighted by Crippen LogP contribution is 2.40. The van der Waals surface area contributed by atoms with Gasteiger partial charge in [0.25, 0.3) is 0 Å². The van der Waals surface area contributed by atoms with Crippen LogP contribution >= 0.6 is 0 Å². The van der Waals surface area contributed by atoms with Gasteiger partial charge < -0.3 is 4.42 Å². The third kappa shape index (κ3) is 6.41. The Labute approximate surface area is 341 Å². The van der Waals surface area contributed by atoms with Crippen LogP contribution in [0.5, 0.6) is 0 Å². The molecule has 0 aliphatic heterocycles. The molecule has 0 N–H and O–H groups in total. The summed E-state index contributed by atoms with van der Waals surface area (Å²) >= 11 is 0. The minimum atomic E-state index is 0.607. The van der Waals surface area contributed by atoms with Crippen molar-refractivity contribution in [2.24, 2.45) is 0 Å². The van der Waals surface area contributed by atoms with Crippen LogP contribution in [0.25, 0.3) is 112 Å². The third-order valence-electron chi connectivity index (χ3n) is 11.0. The zero-order valence-corrected chi connectivity index (χ0v) is 31.8. The van der Waals surface area contributed by atoms with Gasteiger partial charge in [0.05, 0.1) is 16.6 Å². The molecule has 3 heterocycles. The summed E-state index contributed by atoms with van der Waals surface area (Å²) in [5, 5.41) is 3.05. The van der Waals surface area contributed by atoms with Crippen molar-refractivity contribution in [2.45, 2.75) is 0 Å². The van der Waals surface area contributed by atoms with Crippen molar-refractivity contribution >= 4 is 32.8 Å². The van der Waals surface area contributed by atoms with Crippen LogP contribution in [0.1, 0.15) is 0 Å². The van der Waals surface area contributed by atoms with Gasteiger partial charge >= 0.3 is 0 Å². The standard InChI is InChI=1S/C54H34N4O/c1-4-12-35(13-5-1)37-20-26-41(27-21-37)52-56-53(42-28-22-38(23-29-42)36-14-6-2-7-15-36)58-54(57-52)43-30-24-39(25-31-43)44-32-33-47-46(34-44)51-49(45-18-10-11-19-48(45)59-51)50(55-47)40-16-8-3-9-17-40/h1-34H. The van der Waals surface area contributed by atoms with E-state index >= 15 is 0 Å². The molecule has 276 valence electrons. The number of furan rings is 1. The molecule has 5 nitrogen and oxygen atoms in total. The average molecular weight is 755 g/mol. The maximum Gasteiger partial charge on any atom is 0.164 e. The van der Waals surface area contributed by atoms with Crippen molar-refractivity contribution in [1.82, 2.24) is 19.9 Å². The molecule has 0 fully saturated rings. The molecule has 0 atom stereocenters. The molecule has 0 amide bonds. The number of nitrogens with zero attached hydrogens (tertiary/aromatic N) is 4. The molecule has 11 rings (SSSR count). The Balaban J connectivity index is 0.984. The number of hydrogen-bond acceptors (Lipinski definition) is 5. The van der Waals surface area contributed by atoms with Crippen LogP contribution in [-0.2, 0) is 0 Å². The maximum atomic E-state index is 6.59. The maximum absolute atomic E-state index is 6.59. The van der Waals surface area contributed by atoms with E-state index in [4.69, 9.17) is 24.4 Å². The first-order chi connectivity index (χ1) is 29.2. The smallest absolute Gasteiger partial charge is 0.164 e. The number of aromatic nitrogens is 4. The molecule has 3 aromatic heterocycles. The predicted octanol–water partition coefficient (Wildman–Crippen LogP) is 14.0. The summed E-state index contributed by atoms with van der Waals surface area (Å²) in [4.78, 5) is 20.3. The van der Waals surface area contributed by atoms with Crippen LogP contribution in [0, 0.1) is 0 Å². The average Bonchev–Trinajstić information content (AvgIpc) is 3.72. The molecule has 5 heteroatoms. The van der Waals surface area contributed by atoms with E-state index in [1.54, 1.807) is 0 Å². The van der Waals surface area contributed by atoms with E-state index in [0.29, 0.717) is 17.5 Å². The zero-order valence-electron chi connectivity index (χ0n) is 31.8. The number of hydrogen-bond donors (Lipinski definition) is 0. The van der Waals surface area contributed by atoms with Gasteiger partial charge in [0.15, 0.2) is 17.5 Å². The van der Waals surface area contributed by atoms with Gasteiger partial charge in [-0.3, -0.25) is 0 Å². The normalized spacial score (nSPS) is 11.4. The van der Waals surface area contributed by atoms with E-state index in [0.717, 1.165) is 94.2 Å². The molecule has 11 aromatic rings. The molecule has 0 radical (unpaired) electrons. The van der Waals surface area contributed by atoms with Crippen LogP contribution in [0.15, 0.2) is 211 Å². The second kappa shape index (κ2) is 14.5. The highest BCUT2D eigenvalue weighted by molar-refractivity contribution is 6.19. The first-order valence-electron chi connectivity index (χ1n) is 19.7. The quantitative estimate of drug-likeness (QED) is 0.162. The lowest BCUT2D eigenvalue weighted by Gasteiger charge is -2.11. The summed E-state index contributed by atoms with van der Waals surface area (Å²) in [7, 11) is 0. The Bertz CT molecular complexity index is 3170. The van der Waals surface area contributed by atoms with Crippen molar-refractivity contribution in [3.63, 3.8) is 0 Å². The highest BCUT2D eigenvalue weighted by Gasteiger charge is 2.19. The fourth-order valence-corrected chi connectivity index (χ4v) is 7.91. The molecule has 0 unspecified atom stereocenters. The largest absolute Gasteiger partial charge is 0.455 e. The molecule has 0 spiro atoms. The van der Waals surface area contributed by atoms with E-state index in [1.165, 1.54) is 0 Å². The third-order valence-corrected chi connectivity index (χ3v) is 11.0. The summed E-state index contributed by atoms with van der Waals surface area (Å²) in [6.07, 6.45) is 0. The topological polar surface area (TPSA) is 64.7 Å². The Kier molecular flexibility index (Phi) is 8.41. The Morgan fingerprint density at radius 1 is 0.288 bits per heavy atom. The van der Waals surface area contributed by atoms with E-state index in [2.05, 4.69) is 164 Å². The molecule has 0 aliphatic rings. The van der Waals surface area contributed by atoms with E-state index < -0.39 is 0 Å². The number of benzene rings is 8. The van der Waals surface area contributed by atoms with Gasteiger partial charge in [-0.25, -0.2) is 19.9 Å². The van der Waals surface area contributed by atoms with Crippen LogP contribution in [0.3, 0.4) is 0 Å². The van der Waals surface area contributed by atoms with Crippen molar-refractivity contribution in [2.75, 3.05) is 0 Å². The summed E-state index contributed by atoms with van der Waals surface area (Å²) in [5.41, 5.74) is 14.0. The fourth-order valence-electron chi connectivity index (χ4n) is 7.91. The molecule has 59 heavy (non-hydrogen) atoms. The van der Waals surface area contributed by atoms with Crippen molar-refractivity contribution in [3.8, 4) is 78.8 Å². The lowest BCUT2D eigenvalue weighted by molar-refractivity contribution is 0.672. The van der Waals surface area contributed by atoms with Crippen LogP contribution < -0.4 is 0 Å². The van der Waals surface area contributed by atoms with Crippen molar-refractivity contribution < 1.29 is 4.42 Å².